The third kappa shape index (κ3) is 2.31. The first kappa shape index (κ1) is 11.5. The molecule has 1 atom stereocenters. The maximum Gasteiger partial charge on any atom is 0.111 e. The number of fused-ring (bicyclic) bond motifs is 1. The van der Waals surface area contributed by atoms with Crippen LogP contribution in [-0.4, -0.2) is 20.8 Å². The van der Waals surface area contributed by atoms with E-state index in [2.05, 4.69) is 46.9 Å². The first-order chi connectivity index (χ1) is 8.70. The fraction of sp³-hybridized carbons (Fsp3) is 0.400. The van der Waals surface area contributed by atoms with Crippen LogP contribution < -0.4 is 0 Å². The van der Waals surface area contributed by atoms with Crippen molar-refractivity contribution in [2.45, 2.75) is 38.8 Å². The van der Waals surface area contributed by atoms with Crippen LogP contribution in [-0.2, 0) is 19.4 Å². The number of nitrogens with zero attached hydrogens (tertiary/aromatic N) is 2. The molecule has 1 N–H and O–H groups in total. The number of rotatable bonds is 2. The average molecular weight is 242 g/mol. The molecule has 0 aliphatic carbocycles. The fourth-order valence-corrected chi connectivity index (χ4v) is 2.59. The SMILES string of the molecule is Cc1cccc(Cc2cn3c(n2)CC(O)CC3)c1. The van der Waals surface area contributed by atoms with Crippen molar-refractivity contribution in [3.05, 3.63) is 53.1 Å². The van der Waals surface area contributed by atoms with Gasteiger partial charge in [0.05, 0.1) is 11.8 Å². The van der Waals surface area contributed by atoms with Crippen molar-refractivity contribution in [3.8, 4) is 0 Å². The predicted octanol–water partition coefficient (Wildman–Crippen LogP) is 2.09. The van der Waals surface area contributed by atoms with Crippen LogP contribution in [0.15, 0.2) is 30.5 Å². The molecule has 2 heterocycles. The number of benzene rings is 1. The highest BCUT2D eigenvalue weighted by molar-refractivity contribution is 5.26. The van der Waals surface area contributed by atoms with Crippen LogP contribution in [0.4, 0.5) is 0 Å². The summed E-state index contributed by atoms with van der Waals surface area (Å²) in [6.45, 7) is 3.00. The molecule has 0 fully saturated rings. The number of aromatic nitrogens is 2. The van der Waals surface area contributed by atoms with E-state index in [9.17, 15) is 5.11 Å². The van der Waals surface area contributed by atoms with E-state index >= 15 is 0 Å². The summed E-state index contributed by atoms with van der Waals surface area (Å²) in [5, 5.41) is 9.64. The van der Waals surface area contributed by atoms with Crippen LogP contribution in [0.3, 0.4) is 0 Å². The zero-order chi connectivity index (χ0) is 12.5. The van der Waals surface area contributed by atoms with Gasteiger partial charge in [-0.15, -0.1) is 0 Å². The molecule has 1 aromatic heterocycles. The third-order valence-electron chi connectivity index (χ3n) is 3.50. The van der Waals surface area contributed by atoms with Gasteiger partial charge in [-0.2, -0.15) is 0 Å². The second-order valence-corrected chi connectivity index (χ2v) is 5.15. The highest BCUT2D eigenvalue weighted by atomic mass is 16.3. The maximum atomic E-state index is 9.64. The second kappa shape index (κ2) is 4.58. The Labute approximate surface area is 107 Å². The van der Waals surface area contributed by atoms with E-state index in [1.807, 2.05) is 0 Å². The zero-order valence-electron chi connectivity index (χ0n) is 10.6. The van der Waals surface area contributed by atoms with Gasteiger partial charge < -0.3 is 9.67 Å². The molecule has 1 aromatic carbocycles. The lowest BCUT2D eigenvalue weighted by Crippen LogP contribution is -2.22. The Balaban J connectivity index is 1.82. The largest absolute Gasteiger partial charge is 0.393 e. The predicted molar refractivity (Wildman–Crippen MR) is 70.5 cm³/mol. The molecule has 0 amide bonds. The van der Waals surface area contributed by atoms with Gasteiger partial charge in [0.25, 0.3) is 0 Å². The molecule has 1 aliphatic heterocycles. The standard InChI is InChI=1S/C15H18N2O/c1-11-3-2-4-12(7-11)8-13-10-17-6-5-14(18)9-15(17)16-13/h2-4,7,10,14,18H,5-6,8-9H2,1H3. The summed E-state index contributed by atoms with van der Waals surface area (Å²) in [6.07, 6.45) is 4.31. The zero-order valence-corrected chi connectivity index (χ0v) is 10.6. The van der Waals surface area contributed by atoms with Gasteiger partial charge in [-0.1, -0.05) is 29.8 Å². The van der Waals surface area contributed by atoms with Crippen LogP contribution in [0.1, 0.15) is 29.1 Å². The van der Waals surface area contributed by atoms with Crippen molar-refractivity contribution in [1.29, 1.82) is 0 Å². The number of aliphatic hydroxyl groups is 1. The summed E-state index contributed by atoms with van der Waals surface area (Å²) >= 11 is 0. The first-order valence-electron chi connectivity index (χ1n) is 6.49. The maximum absolute atomic E-state index is 9.64. The van der Waals surface area contributed by atoms with Crippen molar-refractivity contribution >= 4 is 0 Å². The summed E-state index contributed by atoms with van der Waals surface area (Å²) in [4.78, 5) is 4.63. The van der Waals surface area contributed by atoms with Crippen molar-refractivity contribution < 1.29 is 5.11 Å². The Morgan fingerprint density at radius 1 is 1.44 bits per heavy atom. The Morgan fingerprint density at radius 2 is 2.33 bits per heavy atom. The molecule has 3 nitrogen and oxygen atoms in total. The monoisotopic (exact) mass is 242 g/mol. The van der Waals surface area contributed by atoms with Crippen molar-refractivity contribution in [1.82, 2.24) is 9.55 Å². The lowest BCUT2D eigenvalue weighted by atomic mass is 10.1. The highest BCUT2D eigenvalue weighted by Gasteiger charge is 2.18. The Hall–Kier alpha value is -1.61. The fourth-order valence-electron chi connectivity index (χ4n) is 2.59. The van der Waals surface area contributed by atoms with Gasteiger partial charge in [-0.3, -0.25) is 0 Å². The molecule has 0 saturated carbocycles. The average Bonchev–Trinajstić information content (AvgIpc) is 2.70. The van der Waals surface area contributed by atoms with E-state index in [0.717, 1.165) is 30.9 Å². The van der Waals surface area contributed by atoms with Gasteiger partial charge in [0.1, 0.15) is 5.82 Å². The molecule has 1 aliphatic rings. The molecular weight excluding hydrogens is 224 g/mol. The van der Waals surface area contributed by atoms with Gasteiger partial charge >= 0.3 is 0 Å². The van der Waals surface area contributed by atoms with Gasteiger partial charge in [0.2, 0.25) is 0 Å². The normalized spacial score (nSPS) is 18.7. The molecular formula is C15H18N2O. The summed E-state index contributed by atoms with van der Waals surface area (Å²) in [6, 6.07) is 8.54. The number of imidazole rings is 1. The summed E-state index contributed by atoms with van der Waals surface area (Å²) in [7, 11) is 0. The van der Waals surface area contributed by atoms with Crippen LogP contribution in [0.5, 0.6) is 0 Å². The third-order valence-corrected chi connectivity index (χ3v) is 3.50. The first-order valence-corrected chi connectivity index (χ1v) is 6.49. The minimum atomic E-state index is -0.216. The Bertz CT molecular complexity index is 559. The van der Waals surface area contributed by atoms with E-state index in [0.29, 0.717) is 6.42 Å². The van der Waals surface area contributed by atoms with E-state index in [4.69, 9.17) is 0 Å². The van der Waals surface area contributed by atoms with E-state index < -0.39 is 0 Å². The van der Waals surface area contributed by atoms with Crippen LogP contribution in [0.2, 0.25) is 0 Å². The Kier molecular flexibility index (Phi) is 2.92. The second-order valence-electron chi connectivity index (χ2n) is 5.15. The molecule has 0 saturated heterocycles. The topological polar surface area (TPSA) is 38.0 Å². The van der Waals surface area contributed by atoms with Crippen molar-refractivity contribution in [3.63, 3.8) is 0 Å². The number of hydrogen-bond acceptors (Lipinski definition) is 2. The van der Waals surface area contributed by atoms with Crippen molar-refractivity contribution in [2.24, 2.45) is 0 Å². The summed E-state index contributed by atoms with van der Waals surface area (Å²) in [5.41, 5.74) is 3.68. The minimum Gasteiger partial charge on any atom is -0.393 e. The molecule has 0 bridgehead atoms. The van der Waals surface area contributed by atoms with Gasteiger partial charge in [0.15, 0.2) is 0 Å². The van der Waals surface area contributed by atoms with Crippen LogP contribution in [0.25, 0.3) is 0 Å². The molecule has 2 aromatic rings. The molecule has 3 heteroatoms. The molecule has 3 rings (SSSR count). The van der Waals surface area contributed by atoms with Crippen LogP contribution in [0, 0.1) is 6.92 Å². The van der Waals surface area contributed by atoms with Crippen molar-refractivity contribution in [2.75, 3.05) is 0 Å². The highest BCUT2D eigenvalue weighted by Crippen LogP contribution is 2.17. The molecule has 1 unspecified atom stereocenters. The van der Waals surface area contributed by atoms with E-state index in [1.54, 1.807) is 0 Å². The smallest absolute Gasteiger partial charge is 0.111 e. The molecule has 0 spiro atoms. The summed E-state index contributed by atoms with van der Waals surface area (Å²) in [5.74, 6) is 1.02. The van der Waals surface area contributed by atoms with Gasteiger partial charge in [0, 0.05) is 25.6 Å². The number of aryl methyl sites for hydroxylation is 2. The summed E-state index contributed by atoms with van der Waals surface area (Å²) < 4.78 is 2.18. The van der Waals surface area contributed by atoms with Gasteiger partial charge in [-0.25, -0.2) is 4.98 Å². The quantitative estimate of drug-likeness (QED) is 0.875. The molecule has 0 radical (unpaired) electrons. The number of hydrogen-bond donors (Lipinski definition) is 1. The lowest BCUT2D eigenvalue weighted by molar-refractivity contribution is 0.141. The van der Waals surface area contributed by atoms with E-state index in [1.165, 1.54) is 11.1 Å². The molecule has 94 valence electrons. The lowest BCUT2D eigenvalue weighted by Gasteiger charge is -2.18. The Morgan fingerprint density at radius 3 is 3.17 bits per heavy atom. The minimum absolute atomic E-state index is 0.216. The molecule has 18 heavy (non-hydrogen) atoms. The van der Waals surface area contributed by atoms with Gasteiger partial charge in [-0.05, 0) is 18.9 Å². The van der Waals surface area contributed by atoms with Crippen LogP contribution >= 0.6 is 0 Å². The van der Waals surface area contributed by atoms with E-state index in [-0.39, 0.29) is 6.10 Å². The number of aliphatic hydroxyl groups excluding tert-OH is 1.